The molecule has 0 fully saturated rings. The Balaban J connectivity index is 1.38. The van der Waals surface area contributed by atoms with Crippen LogP contribution in [0.5, 0.6) is 11.5 Å². The standard InChI is InChI=1S/C19H17FN2O6/c20-13-5-3-4-12(8-13)9-18(24)27-11-17(23)21-22-19(25)16-10-26-14-6-1-2-7-15(14)28-16/h1-8,16H,9-11H2,(H,21,23)(H,22,25)/t16-/m1/s1. The first-order valence-electron chi connectivity index (χ1n) is 8.38. The van der Waals surface area contributed by atoms with Crippen molar-refractivity contribution in [1.82, 2.24) is 10.9 Å². The predicted molar refractivity (Wildman–Crippen MR) is 93.7 cm³/mol. The van der Waals surface area contributed by atoms with Gasteiger partial charge in [0.05, 0.1) is 6.42 Å². The molecule has 28 heavy (non-hydrogen) atoms. The van der Waals surface area contributed by atoms with E-state index in [9.17, 15) is 18.8 Å². The molecule has 1 heterocycles. The minimum atomic E-state index is -0.939. The van der Waals surface area contributed by atoms with Crippen molar-refractivity contribution in [2.75, 3.05) is 13.2 Å². The first-order chi connectivity index (χ1) is 13.5. The zero-order valence-corrected chi connectivity index (χ0v) is 14.6. The van der Waals surface area contributed by atoms with Gasteiger partial charge in [0.2, 0.25) is 6.10 Å². The third kappa shape index (κ3) is 5.19. The lowest BCUT2D eigenvalue weighted by Crippen LogP contribution is -2.51. The molecule has 1 aliphatic heterocycles. The number of halogens is 1. The molecule has 146 valence electrons. The molecule has 0 radical (unpaired) electrons. The van der Waals surface area contributed by atoms with Gasteiger partial charge in [-0.2, -0.15) is 0 Å². The number of benzene rings is 2. The smallest absolute Gasteiger partial charge is 0.310 e. The van der Waals surface area contributed by atoms with Gasteiger partial charge in [0.25, 0.3) is 11.8 Å². The summed E-state index contributed by atoms with van der Waals surface area (Å²) in [6.45, 7) is -0.610. The lowest BCUT2D eigenvalue weighted by Gasteiger charge is -2.25. The number of nitrogens with one attached hydrogen (secondary N) is 2. The number of ether oxygens (including phenoxy) is 3. The Kier molecular flexibility index (Phi) is 6.05. The van der Waals surface area contributed by atoms with E-state index in [0.717, 1.165) is 0 Å². The minimum absolute atomic E-state index is 0.0126. The van der Waals surface area contributed by atoms with Gasteiger partial charge in [-0.25, -0.2) is 4.39 Å². The molecule has 2 aromatic carbocycles. The van der Waals surface area contributed by atoms with E-state index in [-0.39, 0.29) is 13.0 Å². The second kappa shape index (κ2) is 8.85. The van der Waals surface area contributed by atoms with E-state index in [1.54, 1.807) is 30.3 Å². The fraction of sp³-hybridized carbons (Fsp3) is 0.211. The van der Waals surface area contributed by atoms with Gasteiger partial charge in [-0.15, -0.1) is 0 Å². The molecule has 1 aliphatic rings. The number of carbonyl (C=O) groups is 3. The van der Waals surface area contributed by atoms with Gasteiger partial charge in [0.1, 0.15) is 12.4 Å². The monoisotopic (exact) mass is 388 g/mol. The number of hydrogen-bond donors (Lipinski definition) is 2. The predicted octanol–water partition coefficient (Wildman–Crippen LogP) is 0.899. The third-order valence-corrected chi connectivity index (χ3v) is 3.73. The highest BCUT2D eigenvalue weighted by Gasteiger charge is 2.27. The van der Waals surface area contributed by atoms with Crippen LogP contribution in [-0.4, -0.2) is 37.1 Å². The summed E-state index contributed by atoms with van der Waals surface area (Å²) in [5, 5.41) is 0. The molecule has 0 aliphatic carbocycles. The summed E-state index contributed by atoms with van der Waals surface area (Å²) in [5.74, 6) is -1.57. The molecule has 8 nitrogen and oxygen atoms in total. The Labute approximate surface area is 159 Å². The molecule has 0 spiro atoms. The first-order valence-corrected chi connectivity index (χ1v) is 8.38. The summed E-state index contributed by atoms with van der Waals surface area (Å²) in [7, 11) is 0. The van der Waals surface area contributed by atoms with Crippen molar-refractivity contribution >= 4 is 17.8 Å². The van der Waals surface area contributed by atoms with Crippen molar-refractivity contribution in [3.63, 3.8) is 0 Å². The van der Waals surface area contributed by atoms with E-state index in [1.165, 1.54) is 18.2 Å². The Morgan fingerprint density at radius 3 is 2.64 bits per heavy atom. The molecule has 2 N–H and O–H groups in total. The van der Waals surface area contributed by atoms with Crippen LogP contribution in [0.15, 0.2) is 48.5 Å². The molecule has 3 rings (SSSR count). The van der Waals surface area contributed by atoms with E-state index in [4.69, 9.17) is 14.2 Å². The Morgan fingerprint density at radius 2 is 1.86 bits per heavy atom. The molecule has 0 saturated heterocycles. The van der Waals surface area contributed by atoms with Crippen molar-refractivity contribution < 1.29 is 33.0 Å². The van der Waals surface area contributed by atoms with Crippen molar-refractivity contribution in [3.8, 4) is 11.5 Å². The van der Waals surface area contributed by atoms with Gasteiger partial charge >= 0.3 is 5.97 Å². The highest BCUT2D eigenvalue weighted by molar-refractivity contribution is 5.86. The van der Waals surface area contributed by atoms with Crippen molar-refractivity contribution in [1.29, 1.82) is 0 Å². The average molecular weight is 388 g/mol. The van der Waals surface area contributed by atoms with E-state index in [1.807, 2.05) is 0 Å². The zero-order valence-electron chi connectivity index (χ0n) is 14.6. The number of amides is 2. The summed E-state index contributed by atoms with van der Waals surface area (Å²) >= 11 is 0. The summed E-state index contributed by atoms with van der Waals surface area (Å²) < 4.78 is 28.8. The van der Waals surface area contributed by atoms with Crippen molar-refractivity contribution in [2.24, 2.45) is 0 Å². The molecule has 0 unspecified atom stereocenters. The van der Waals surface area contributed by atoms with Crippen LogP contribution in [0.4, 0.5) is 4.39 Å². The van der Waals surface area contributed by atoms with Gasteiger partial charge < -0.3 is 14.2 Å². The Morgan fingerprint density at radius 1 is 1.07 bits per heavy atom. The fourth-order valence-corrected chi connectivity index (χ4v) is 2.41. The van der Waals surface area contributed by atoms with Gasteiger partial charge in [-0.3, -0.25) is 25.2 Å². The van der Waals surface area contributed by atoms with Crippen LogP contribution >= 0.6 is 0 Å². The number of fused-ring (bicyclic) bond motifs is 1. The van der Waals surface area contributed by atoms with Crippen LogP contribution in [0.1, 0.15) is 5.56 Å². The molecular formula is C19H17FN2O6. The van der Waals surface area contributed by atoms with Crippen LogP contribution < -0.4 is 20.3 Å². The molecule has 1 atom stereocenters. The van der Waals surface area contributed by atoms with E-state index in [2.05, 4.69) is 10.9 Å². The van der Waals surface area contributed by atoms with Gasteiger partial charge in [-0.1, -0.05) is 24.3 Å². The molecule has 2 aromatic rings. The van der Waals surface area contributed by atoms with Crippen molar-refractivity contribution in [2.45, 2.75) is 12.5 Å². The summed E-state index contributed by atoms with van der Waals surface area (Å²) in [6.07, 6.45) is -1.12. The van der Waals surface area contributed by atoms with Gasteiger partial charge in [0.15, 0.2) is 18.1 Å². The van der Waals surface area contributed by atoms with Gasteiger partial charge in [0, 0.05) is 0 Å². The SMILES string of the molecule is O=C(COC(=O)Cc1cccc(F)c1)NNC(=O)[C@H]1COc2ccccc2O1. The molecule has 0 bridgehead atoms. The van der Waals surface area contributed by atoms with Crippen LogP contribution in [0.3, 0.4) is 0 Å². The van der Waals surface area contributed by atoms with Crippen LogP contribution in [0.2, 0.25) is 0 Å². The molecule has 9 heteroatoms. The highest BCUT2D eigenvalue weighted by Crippen LogP contribution is 2.30. The summed E-state index contributed by atoms with van der Waals surface area (Å²) in [5.41, 5.74) is 4.72. The summed E-state index contributed by atoms with van der Waals surface area (Å²) in [4.78, 5) is 35.4. The number of hydrogen-bond acceptors (Lipinski definition) is 6. The zero-order chi connectivity index (χ0) is 19.9. The second-order valence-corrected chi connectivity index (χ2v) is 5.87. The second-order valence-electron chi connectivity index (χ2n) is 5.87. The normalized spacial score (nSPS) is 14.7. The average Bonchev–Trinajstić information content (AvgIpc) is 2.70. The molecular weight excluding hydrogens is 371 g/mol. The lowest BCUT2D eigenvalue weighted by atomic mass is 10.1. The van der Waals surface area contributed by atoms with E-state index >= 15 is 0 Å². The number of esters is 1. The molecule has 2 amide bonds. The number of para-hydroxylation sites is 2. The van der Waals surface area contributed by atoms with Gasteiger partial charge in [-0.05, 0) is 29.8 Å². The van der Waals surface area contributed by atoms with Crippen molar-refractivity contribution in [3.05, 3.63) is 59.9 Å². The number of carbonyl (C=O) groups excluding carboxylic acids is 3. The summed E-state index contributed by atoms with van der Waals surface area (Å²) in [6, 6.07) is 12.4. The topological polar surface area (TPSA) is 103 Å². The van der Waals surface area contributed by atoms with Crippen LogP contribution in [0.25, 0.3) is 0 Å². The lowest BCUT2D eigenvalue weighted by molar-refractivity contribution is -0.148. The Bertz CT molecular complexity index is 888. The third-order valence-electron chi connectivity index (χ3n) is 3.73. The van der Waals surface area contributed by atoms with Crippen LogP contribution in [-0.2, 0) is 25.5 Å². The maximum Gasteiger partial charge on any atom is 0.310 e. The van der Waals surface area contributed by atoms with E-state index < -0.39 is 36.3 Å². The maximum absolute atomic E-state index is 13.1. The maximum atomic E-state index is 13.1. The number of rotatable bonds is 5. The Hall–Kier alpha value is -3.62. The fourth-order valence-electron chi connectivity index (χ4n) is 2.41. The minimum Gasteiger partial charge on any atom is -0.485 e. The van der Waals surface area contributed by atoms with Crippen LogP contribution in [0, 0.1) is 5.82 Å². The largest absolute Gasteiger partial charge is 0.485 e. The molecule has 0 saturated carbocycles. The molecule has 0 aromatic heterocycles. The van der Waals surface area contributed by atoms with E-state index in [0.29, 0.717) is 17.1 Å². The quantitative estimate of drug-likeness (QED) is 0.583. The number of hydrazine groups is 1. The first kappa shape index (κ1) is 19.2. The highest BCUT2D eigenvalue weighted by atomic mass is 19.1.